The summed E-state index contributed by atoms with van der Waals surface area (Å²) >= 11 is 0. The van der Waals surface area contributed by atoms with Crippen molar-refractivity contribution in [3.8, 4) is 11.5 Å². The molecule has 0 unspecified atom stereocenters. The molecule has 0 saturated carbocycles. The minimum absolute atomic E-state index is 0.226. The van der Waals surface area contributed by atoms with Crippen molar-refractivity contribution in [3.05, 3.63) is 41.2 Å². The van der Waals surface area contributed by atoms with E-state index in [1.807, 2.05) is 26.2 Å². The van der Waals surface area contributed by atoms with Crippen molar-refractivity contribution in [3.63, 3.8) is 0 Å². The summed E-state index contributed by atoms with van der Waals surface area (Å²) in [6.07, 6.45) is 1.54. The van der Waals surface area contributed by atoms with Crippen molar-refractivity contribution in [2.24, 2.45) is 0 Å². The molecule has 7 heteroatoms. The fraction of sp³-hybridized carbons (Fsp3) is 0.353. The summed E-state index contributed by atoms with van der Waals surface area (Å²) in [5.74, 6) is 1.70. The lowest BCUT2D eigenvalue weighted by atomic mass is 10.1. The van der Waals surface area contributed by atoms with Crippen LogP contribution in [0.4, 0.5) is 5.95 Å². The van der Waals surface area contributed by atoms with E-state index >= 15 is 0 Å². The number of rotatable bonds is 6. The van der Waals surface area contributed by atoms with Crippen LogP contribution in [0.5, 0.6) is 11.5 Å². The number of aromatic nitrogens is 2. The zero-order valence-corrected chi connectivity index (χ0v) is 14.6. The number of nitrogens with zero attached hydrogens (tertiary/aromatic N) is 3. The van der Waals surface area contributed by atoms with Crippen LogP contribution in [0.2, 0.25) is 0 Å². The van der Waals surface area contributed by atoms with Crippen molar-refractivity contribution in [1.82, 2.24) is 15.3 Å². The van der Waals surface area contributed by atoms with Crippen LogP contribution in [0.15, 0.2) is 24.4 Å². The van der Waals surface area contributed by atoms with Gasteiger partial charge in [0.15, 0.2) is 0 Å². The Balaban J connectivity index is 2.11. The topological polar surface area (TPSA) is 76.6 Å². The van der Waals surface area contributed by atoms with Gasteiger partial charge in [0.1, 0.15) is 11.5 Å². The Bertz CT molecular complexity index is 732. The molecular weight excluding hydrogens is 308 g/mol. The predicted molar refractivity (Wildman–Crippen MR) is 91.8 cm³/mol. The molecule has 24 heavy (non-hydrogen) atoms. The summed E-state index contributed by atoms with van der Waals surface area (Å²) in [5, 5.41) is 2.86. The van der Waals surface area contributed by atoms with E-state index in [1.54, 1.807) is 32.1 Å². The molecule has 0 bridgehead atoms. The number of ether oxygens (including phenoxy) is 2. The van der Waals surface area contributed by atoms with Gasteiger partial charge in [0.25, 0.3) is 5.91 Å². The second-order valence-corrected chi connectivity index (χ2v) is 5.42. The number of amides is 1. The lowest BCUT2D eigenvalue weighted by Crippen LogP contribution is -2.25. The summed E-state index contributed by atoms with van der Waals surface area (Å²) in [6, 6.07) is 5.46. The molecule has 0 spiro atoms. The molecule has 2 aromatic rings. The number of hydrogen-bond donors (Lipinski definition) is 1. The maximum Gasteiger partial charge on any atom is 0.254 e. The molecule has 128 valence electrons. The second-order valence-electron chi connectivity index (χ2n) is 5.42. The smallest absolute Gasteiger partial charge is 0.254 e. The molecule has 0 aliphatic heterocycles. The molecule has 1 aromatic carbocycles. The first kappa shape index (κ1) is 17.5. The van der Waals surface area contributed by atoms with Crippen LogP contribution in [-0.2, 0) is 6.54 Å². The third kappa shape index (κ3) is 3.92. The monoisotopic (exact) mass is 330 g/mol. The van der Waals surface area contributed by atoms with E-state index in [1.165, 1.54) is 6.20 Å². The van der Waals surface area contributed by atoms with Gasteiger partial charge in [0.2, 0.25) is 5.95 Å². The van der Waals surface area contributed by atoms with E-state index in [2.05, 4.69) is 15.3 Å². The molecule has 0 saturated heterocycles. The van der Waals surface area contributed by atoms with Gasteiger partial charge in [-0.15, -0.1) is 0 Å². The van der Waals surface area contributed by atoms with Crippen LogP contribution in [0.3, 0.4) is 0 Å². The summed E-state index contributed by atoms with van der Waals surface area (Å²) in [7, 11) is 6.88. The minimum Gasteiger partial charge on any atom is -0.497 e. The third-order valence-corrected chi connectivity index (χ3v) is 3.54. The lowest BCUT2D eigenvalue weighted by molar-refractivity contribution is 0.0949. The number of benzene rings is 1. The number of nitrogens with one attached hydrogen (secondary N) is 1. The van der Waals surface area contributed by atoms with Gasteiger partial charge in [-0.2, -0.15) is 0 Å². The normalized spacial score (nSPS) is 10.2. The summed E-state index contributed by atoms with van der Waals surface area (Å²) < 4.78 is 10.5. The molecule has 7 nitrogen and oxygen atoms in total. The minimum atomic E-state index is -0.226. The number of aryl methyl sites for hydroxylation is 1. The van der Waals surface area contributed by atoms with Gasteiger partial charge in [-0.3, -0.25) is 4.79 Å². The maximum absolute atomic E-state index is 12.4. The fourth-order valence-corrected chi connectivity index (χ4v) is 2.16. The van der Waals surface area contributed by atoms with Gasteiger partial charge in [-0.1, -0.05) is 0 Å². The average Bonchev–Trinajstić information content (AvgIpc) is 2.59. The Hall–Kier alpha value is -2.83. The van der Waals surface area contributed by atoms with E-state index < -0.39 is 0 Å². The van der Waals surface area contributed by atoms with Crippen molar-refractivity contribution in [2.75, 3.05) is 33.2 Å². The Kier molecular flexibility index (Phi) is 5.57. The quantitative estimate of drug-likeness (QED) is 0.870. The van der Waals surface area contributed by atoms with E-state index in [0.717, 1.165) is 5.56 Å². The highest BCUT2D eigenvalue weighted by atomic mass is 16.5. The summed E-state index contributed by atoms with van der Waals surface area (Å²) in [5.41, 5.74) is 1.94. The lowest BCUT2D eigenvalue weighted by Gasteiger charge is -2.13. The number of carbonyl (C=O) groups is 1. The number of carbonyl (C=O) groups excluding carboxylic acids is 1. The molecule has 0 aliphatic rings. The number of methoxy groups -OCH3 is 2. The Labute approximate surface area is 141 Å². The largest absolute Gasteiger partial charge is 0.497 e. The molecule has 0 radical (unpaired) electrons. The first-order valence-electron chi connectivity index (χ1n) is 7.46. The first-order chi connectivity index (χ1) is 11.5. The molecule has 0 fully saturated rings. The molecule has 0 aliphatic carbocycles. The molecule has 1 aromatic heterocycles. The molecule has 1 heterocycles. The van der Waals surface area contributed by atoms with E-state index in [-0.39, 0.29) is 5.91 Å². The van der Waals surface area contributed by atoms with Gasteiger partial charge in [0, 0.05) is 38.5 Å². The second kappa shape index (κ2) is 7.63. The van der Waals surface area contributed by atoms with Crippen LogP contribution >= 0.6 is 0 Å². The standard InChI is InChI=1S/C17H22N4O3/c1-11-14(10-19-17(20-11)21(2)3)16(22)18-9-12-6-7-13(23-4)8-15(12)24-5/h6-8,10H,9H2,1-5H3,(H,18,22). The van der Waals surface area contributed by atoms with Gasteiger partial charge < -0.3 is 19.7 Å². The van der Waals surface area contributed by atoms with Gasteiger partial charge in [-0.25, -0.2) is 9.97 Å². The Morgan fingerprint density at radius 3 is 2.58 bits per heavy atom. The van der Waals surface area contributed by atoms with E-state index in [0.29, 0.717) is 35.2 Å². The highest BCUT2D eigenvalue weighted by molar-refractivity contribution is 5.95. The van der Waals surface area contributed by atoms with Crippen molar-refractivity contribution in [2.45, 2.75) is 13.5 Å². The van der Waals surface area contributed by atoms with Crippen molar-refractivity contribution >= 4 is 11.9 Å². The highest BCUT2D eigenvalue weighted by Crippen LogP contribution is 2.24. The third-order valence-electron chi connectivity index (χ3n) is 3.54. The molecule has 1 N–H and O–H groups in total. The summed E-state index contributed by atoms with van der Waals surface area (Å²) in [4.78, 5) is 22.7. The Morgan fingerprint density at radius 2 is 2.00 bits per heavy atom. The van der Waals surface area contributed by atoms with Gasteiger partial charge in [0.05, 0.1) is 25.5 Å². The zero-order chi connectivity index (χ0) is 17.7. The zero-order valence-electron chi connectivity index (χ0n) is 14.6. The predicted octanol–water partition coefficient (Wildman–Crippen LogP) is 1.80. The molecule has 2 rings (SSSR count). The SMILES string of the molecule is COc1ccc(CNC(=O)c2cnc(N(C)C)nc2C)c(OC)c1. The first-order valence-corrected chi connectivity index (χ1v) is 7.46. The molecule has 0 atom stereocenters. The van der Waals surface area contributed by atoms with E-state index in [9.17, 15) is 4.79 Å². The molecular formula is C17H22N4O3. The Morgan fingerprint density at radius 1 is 1.25 bits per heavy atom. The summed E-state index contributed by atoms with van der Waals surface area (Å²) in [6.45, 7) is 2.12. The van der Waals surface area contributed by atoms with Crippen LogP contribution in [-0.4, -0.2) is 44.2 Å². The van der Waals surface area contributed by atoms with Crippen LogP contribution in [0.1, 0.15) is 21.6 Å². The van der Waals surface area contributed by atoms with Gasteiger partial charge in [-0.05, 0) is 19.1 Å². The average molecular weight is 330 g/mol. The number of hydrogen-bond acceptors (Lipinski definition) is 6. The number of anilines is 1. The van der Waals surface area contributed by atoms with Crippen LogP contribution in [0, 0.1) is 6.92 Å². The van der Waals surface area contributed by atoms with Gasteiger partial charge >= 0.3 is 0 Å². The van der Waals surface area contributed by atoms with Crippen LogP contribution in [0.25, 0.3) is 0 Å². The van der Waals surface area contributed by atoms with Crippen LogP contribution < -0.4 is 19.7 Å². The van der Waals surface area contributed by atoms with Crippen molar-refractivity contribution < 1.29 is 14.3 Å². The van der Waals surface area contributed by atoms with Crippen molar-refractivity contribution in [1.29, 1.82) is 0 Å². The highest BCUT2D eigenvalue weighted by Gasteiger charge is 2.13. The fourth-order valence-electron chi connectivity index (χ4n) is 2.16. The molecule has 1 amide bonds. The van der Waals surface area contributed by atoms with E-state index in [4.69, 9.17) is 9.47 Å². The maximum atomic E-state index is 12.4.